The summed E-state index contributed by atoms with van der Waals surface area (Å²) in [4.78, 5) is 14.2. The zero-order chi connectivity index (χ0) is 12.3. The van der Waals surface area contributed by atoms with Gasteiger partial charge in [0.2, 0.25) is 0 Å². The number of hydrogen-bond acceptors (Lipinski definition) is 5. The minimum Gasteiger partial charge on any atom is -0.363 e. The predicted molar refractivity (Wildman–Crippen MR) is 70.3 cm³/mol. The molecule has 0 saturated heterocycles. The molecule has 0 saturated carbocycles. The second-order valence-corrected chi connectivity index (χ2v) is 5.18. The lowest BCUT2D eigenvalue weighted by molar-refractivity contribution is 0.940. The Hall–Kier alpha value is -1.49. The molecule has 0 aliphatic heterocycles. The summed E-state index contributed by atoms with van der Waals surface area (Å²) in [5.74, 6) is 1.68. The van der Waals surface area contributed by atoms with E-state index in [9.17, 15) is 0 Å². The van der Waals surface area contributed by atoms with Gasteiger partial charge in [-0.25, -0.2) is 15.0 Å². The molecule has 0 aromatic carbocycles. The molecule has 2 aromatic rings. The largest absolute Gasteiger partial charge is 0.363 e. The number of nitrogens with zero attached hydrogens (tertiary/aromatic N) is 3. The molecule has 0 aliphatic rings. The van der Waals surface area contributed by atoms with Gasteiger partial charge in [-0.3, -0.25) is 0 Å². The first-order valence-corrected chi connectivity index (χ1v) is 6.48. The summed E-state index contributed by atoms with van der Waals surface area (Å²) in [5, 5.41) is 4.37. The molecular formula is C12H16N4S. The average molecular weight is 248 g/mol. The van der Waals surface area contributed by atoms with Gasteiger partial charge in [0.05, 0.1) is 6.54 Å². The second kappa shape index (κ2) is 5.23. The molecule has 17 heavy (non-hydrogen) atoms. The Labute approximate surface area is 105 Å². The summed E-state index contributed by atoms with van der Waals surface area (Å²) < 4.78 is 0. The third-order valence-corrected chi connectivity index (χ3v) is 3.26. The molecule has 0 amide bonds. The molecule has 0 atom stereocenters. The van der Waals surface area contributed by atoms with Crippen molar-refractivity contribution in [2.45, 2.75) is 33.7 Å². The van der Waals surface area contributed by atoms with E-state index in [1.807, 2.05) is 19.2 Å². The third-order valence-electron chi connectivity index (χ3n) is 2.34. The fourth-order valence-corrected chi connectivity index (χ4v) is 2.28. The van der Waals surface area contributed by atoms with Crippen LogP contribution in [0.15, 0.2) is 12.3 Å². The summed E-state index contributed by atoms with van der Waals surface area (Å²) in [6.45, 7) is 6.79. The van der Waals surface area contributed by atoms with Crippen LogP contribution in [0.1, 0.15) is 28.3 Å². The van der Waals surface area contributed by atoms with Gasteiger partial charge in [-0.15, -0.1) is 11.3 Å². The van der Waals surface area contributed by atoms with E-state index in [0.717, 1.165) is 35.3 Å². The number of aromatic nitrogens is 3. The molecule has 90 valence electrons. The van der Waals surface area contributed by atoms with E-state index in [-0.39, 0.29) is 0 Å². The fourth-order valence-electron chi connectivity index (χ4n) is 1.55. The first kappa shape index (κ1) is 12.0. The SMILES string of the molecule is CCc1cc(NCc2ncc(C)s2)nc(C)n1. The molecule has 5 heteroatoms. The van der Waals surface area contributed by atoms with Crippen LogP contribution < -0.4 is 5.32 Å². The van der Waals surface area contributed by atoms with Gasteiger partial charge in [-0.05, 0) is 20.3 Å². The maximum atomic E-state index is 4.36. The lowest BCUT2D eigenvalue weighted by Crippen LogP contribution is -2.04. The van der Waals surface area contributed by atoms with Crippen molar-refractivity contribution in [1.82, 2.24) is 15.0 Å². The molecule has 4 nitrogen and oxygen atoms in total. The average Bonchev–Trinajstić information content (AvgIpc) is 2.72. The van der Waals surface area contributed by atoms with E-state index in [1.54, 1.807) is 11.3 Å². The van der Waals surface area contributed by atoms with Crippen molar-refractivity contribution >= 4 is 17.2 Å². The number of aryl methyl sites for hydroxylation is 3. The molecule has 2 heterocycles. The Morgan fingerprint density at radius 1 is 1.29 bits per heavy atom. The Bertz CT molecular complexity index is 507. The van der Waals surface area contributed by atoms with Gasteiger partial charge in [-0.1, -0.05) is 6.92 Å². The van der Waals surface area contributed by atoms with Crippen molar-refractivity contribution in [2.24, 2.45) is 0 Å². The Morgan fingerprint density at radius 3 is 2.76 bits per heavy atom. The van der Waals surface area contributed by atoms with Crippen LogP contribution in [-0.2, 0) is 13.0 Å². The van der Waals surface area contributed by atoms with Crippen molar-refractivity contribution in [3.63, 3.8) is 0 Å². The normalized spacial score (nSPS) is 10.5. The molecule has 0 aliphatic carbocycles. The third kappa shape index (κ3) is 3.23. The van der Waals surface area contributed by atoms with Crippen LogP contribution in [0, 0.1) is 13.8 Å². The maximum absolute atomic E-state index is 4.36. The molecule has 0 bridgehead atoms. The molecule has 0 spiro atoms. The van der Waals surface area contributed by atoms with Crippen molar-refractivity contribution in [3.05, 3.63) is 33.7 Å². The summed E-state index contributed by atoms with van der Waals surface area (Å²) in [5.41, 5.74) is 1.07. The van der Waals surface area contributed by atoms with E-state index < -0.39 is 0 Å². The summed E-state index contributed by atoms with van der Waals surface area (Å²) in [7, 11) is 0. The highest BCUT2D eigenvalue weighted by molar-refractivity contribution is 7.11. The molecule has 1 N–H and O–H groups in total. The van der Waals surface area contributed by atoms with Crippen LogP contribution in [0.5, 0.6) is 0 Å². The van der Waals surface area contributed by atoms with Crippen LogP contribution in [0.2, 0.25) is 0 Å². The Morgan fingerprint density at radius 2 is 2.12 bits per heavy atom. The number of anilines is 1. The quantitative estimate of drug-likeness (QED) is 0.904. The standard InChI is InChI=1S/C12H16N4S/c1-4-10-5-11(16-9(3)15-10)13-7-12-14-6-8(2)17-12/h5-6H,4,7H2,1-3H3,(H,13,15,16). The highest BCUT2D eigenvalue weighted by Gasteiger charge is 2.02. The van der Waals surface area contributed by atoms with Crippen LogP contribution in [0.3, 0.4) is 0 Å². The van der Waals surface area contributed by atoms with E-state index in [1.165, 1.54) is 4.88 Å². The minimum absolute atomic E-state index is 0.720. The Kier molecular flexibility index (Phi) is 3.68. The molecule has 0 radical (unpaired) electrons. The fraction of sp³-hybridized carbons (Fsp3) is 0.417. The zero-order valence-corrected chi connectivity index (χ0v) is 11.1. The Balaban J connectivity index is 2.05. The minimum atomic E-state index is 0.720. The lowest BCUT2D eigenvalue weighted by Gasteiger charge is -2.06. The van der Waals surface area contributed by atoms with Crippen LogP contribution >= 0.6 is 11.3 Å². The van der Waals surface area contributed by atoms with E-state index in [0.29, 0.717) is 0 Å². The number of nitrogens with one attached hydrogen (secondary N) is 1. The van der Waals surface area contributed by atoms with Crippen molar-refractivity contribution < 1.29 is 0 Å². The summed E-state index contributed by atoms with van der Waals surface area (Å²) in [6, 6.07) is 1.99. The van der Waals surface area contributed by atoms with Gasteiger partial charge in [0.15, 0.2) is 0 Å². The van der Waals surface area contributed by atoms with Crippen LogP contribution in [-0.4, -0.2) is 15.0 Å². The second-order valence-electron chi connectivity index (χ2n) is 3.86. The van der Waals surface area contributed by atoms with Gasteiger partial charge in [-0.2, -0.15) is 0 Å². The van der Waals surface area contributed by atoms with Gasteiger partial charge < -0.3 is 5.32 Å². The smallest absolute Gasteiger partial charge is 0.130 e. The first-order chi connectivity index (χ1) is 8.17. The van der Waals surface area contributed by atoms with Gasteiger partial charge in [0.25, 0.3) is 0 Å². The molecule has 2 rings (SSSR count). The van der Waals surface area contributed by atoms with E-state index >= 15 is 0 Å². The van der Waals surface area contributed by atoms with Crippen molar-refractivity contribution in [2.75, 3.05) is 5.32 Å². The maximum Gasteiger partial charge on any atom is 0.130 e. The number of thiazole rings is 1. The number of rotatable bonds is 4. The number of hydrogen-bond donors (Lipinski definition) is 1. The monoisotopic (exact) mass is 248 g/mol. The topological polar surface area (TPSA) is 50.7 Å². The lowest BCUT2D eigenvalue weighted by atomic mass is 10.3. The van der Waals surface area contributed by atoms with Gasteiger partial charge >= 0.3 is 0 Å². The molecule has 0 fully saturated rings. The summed E-state index contributed by atoms with van der Waals surface area (Å²) >= 11 is 1.70. The first-order valence-electron chi connectivity index (χ1n) is 5.67. The highest BCUT2D eigenvalue weighted by Crippen LogP contribution is 2.13. The van der Waals surface area contributed by atoms with E-state index in [4.69, 9.17) is 0 Å². The molecular weight excluding hydrogens is 232 g/mol. The summed E-state index contributed by atoms with van der Waals surface area (Å²) in [6.07, 6.45) is 2.82. The zero-order valence-electron chi connectivity index (χ0n) is 10.3. The van der Waals surface area contributed by atoms with Gasteiger partial charge in [0.1, 0.15) is 16.6 Å². The van der Waals surface area contributed by atoms with Crippen molar-refractivity contribution in [1.29, 1.82) is 0 Å². The highest BCUT2D eigenvalue weighted by atomic mass is 32.1. The van der Waals surface area contributed by atoms with Crippen molar-refractivity contribution in [3.8, 4) is 0 Å². The van der Waals surface area contributed by atoms with Gasteiger partial charge in [0, 0.05) is 22.8 Å². The van der Waals surface area contributed by atoms with E-state index in [2.05, 4.69) is 34.1 Å². The molecule has 2 aromatic heterocycles. The van der Waals surface area contributed by atoms with Crippen LogP contribution in [0.4, 0.5) is 5.82 Å². The predicted octanol–water partition coefficient (Wildman–Crippen LogP) is 2.72. The molecule has 0 unspecified atom stereocenters. The van der Waals surface area contributed by atoms with Crippen LogP contribution in [0.25, 0.3) is 0 Å².